The molecule has 0 bridgehead atoms. The van der Waals surface area contributed by atoms with Crippen LogP contribution in [0.5, 0.6) is 0 Å². The highest BCUT2D eigenvalue weighted by Crippen LogP contribution is 2.36. The van der Waals surface area contributed by atoms with E-state index in [1.54, 1.807) is 11.3 Å². The molecule has 1 aromatic carbocycles. The van der Waals surface area contributed by atoms with Crippen molar-refractivity contribution in [3.63, 3.8) is 0 Å². The highest BCUT2D eigenvalue weighted by atomic mass is 32.2. The molecule has 0 saturated carbocycles. The predicted octanol–water partition coefficient (Wildman–Crippen LogP) is 4.56. The fourth-order valence-electron chi connectivity index (χ4n) is 3.91. The number of sulfone groups is 1. The van der Waals surface area contributed by atoms with E-state index in [1.165, 1.54) is 11.1 Å². The summed E-state index contributed by atoms with van der Waals surface area (Å²) in [6, 6.07) is 10.5. The Morgan fingerprint density at radius 3 is 2.62 bits per heavy atom. The van der Waals surface area contributed by atoms with Gasteiger partial charge >= 0.3 is 0 Å². The molecule has 0 unspecified atom stereocenters. The summed E-state index contributed by atoms with van der Waals surface area (Å²) in [7, 11) is -2.90. The van der Waals surface area contributed by atoms with E-state index in [2.05, 4.69) is 48.9 Å². The fourth-order valence-corrected chi connectivity index (χ4v) is 6.52. The van der Waals surface area contributed by atoms with Gasteiger partial charge in [0.2, 0.25) is 0 Å². The van der Waals surface area contributed by atoms with Crippen molar-refractivity contribution in [1.29, 1.82) is 0 Å². The quantitative estimate of drug-likeness (QED) is 0.663. The summed E-state index contributed by atoms with van der Waals surface area (Å²) in [5.74, 6) is 0.534. The summed E-state index contributed by atoms with van der Waals surface area (Å²) in [5, 5.41) is 3.12. The van der Waals surface area contributed by atoms with Gasteiger partial charge in [-0.2, -0.15) is 0 Å². The lowest BCUT2D eigenvalue weighted by Crippen LogP contribution is -2.13. The van der Waals surface area contributed by atoms with Gasteiger partial charge in [-0.25, -0.2) is 13.4 Å². The monoisotopic (exact) mass is 386 g/mol. The van der Waals surface area contributed by atoms with Crippen molar-refractivity contribution in [2.24, 2.45) is 0 Å². The van der Waals surface area contributed by atoms with Gasteiger partial charge in [0.1, 0.15) is 5.01 Å². The smallest absolute Gasteiger partial charge is 0.152 e. The second kappa shape index (κ2) is 6.35. The Morgan fingerprint density at radius 1 is 1.15 bits per heavy atom. The highest BCUT2D eigenvalue weighted by Gasteiger charge is 2.31. The van der Waals surface area contributed by atoms with E-state index in [9.17, 15) is 8.42 Å². The molecule has 3 heterocycles. The first kappa shape index (κ1) is 17.5. The first-order chi connectivity index (χ1) is 12.4. The molecule has 1 saturated heterocycles. The van der Waals surface area contributed by atoms with Crippen LogP contribution in [0.25, 0.3) is 21.8 Å². The zero-order valence-electron chi connectivity index (χ0n) is 15.2. The molecule has 136 valence electrons. The number of thiazole rings is 1. The minimum absolute atomic E-state index is 0.0447. The zero-order chi connectivity index (χ0) is 18.5. The van der Waals surface area contributed by atoms with Crippen molar-refractivity contribution in [2.45, 2.75) is 33.2 Å². The van der Waals surface area contributed by atoms with Crippen molar-refractivity contribution in [1.82, 2.24) is 9.55 Å². The molecule has 0 N–H and O–H groups in total. The van der Waals surface area contributed by atoms with Crippen molar-refractivity contribution >= 4 is 21.2 Å². The van der Waals surface area contributed by atoms with Crippen LogP contribution in [0.3, 0.4) is 0 Å². The Bertz CT molecular complexity index is 1080. The molecular formula is C20H22N2O2S2. The van der Waals surface area contributed by atoms with E-state index >= 15 is 0 Å². The Labute approximate surface area is 158 Å². The molecule has 0 radical (unpaired) electrons. The fraction of sp³-hybridized carbons (Fsp3) is 0.350. The molecule has 1 aliphatic heterocycles. The molecule has 6 heteroatoms. The molecule has 3 aromatic rings. The normalized spacial score (nSPS) is 19.1. The molecule has 1 fully saturated rings. The van der Waals surface area contributed by atoms with Crippen molar-refractivity contribution in [3.8, 4) is 21.8 Å². The molecule has 4 rings (SSSR count). The third kappa shape index (κ3) is 3.01. The topological polar surface area (TPSA) is 52.0 Å². The lowest BCUT2D eigenvalue weighted by atomic mass is 10.1. The van der Waals surface area contributed by atoms with Crippen LogP contribution in [-0.4, -0.2) is 29.5 Å². The van der Waals surface area contributed by atoms with E-state index in [4.69, 9.17) is 4.98 Å². The second-order valence-electron chi connectivity index (χ2n) is 7.06. The summed E-state index contributed by atoms with van der Waals surface area (Å²) in [6.07, 6.45) is 0.698. The average molecular weight is 387 g/mol. The highest BCUT2D eigenvalue weighted by molar-refractivity contribution is 7.91. The molecule has 26 heavy (non-hydrogen) atoms. The van der Waals surface area contributed by atoms with Gasteiger partial charge in [-0.05, 0) is 38.8 Å². The van der Waals surface area contributed by atoms with Gasteiger partial charge in [0.25, 0.3) is 0 Å². The largest absolute Gasteiger partial charge is 0.344 e. The van der Waals surface area contributed by atoms with E-state index in [-0.39, 0.29) is 17.5 Å². The average Bonchev–Trinajstić information content (AvgIpc) is 3.26. The molecule has 0 amide bonds. The SMILES string of the molecule is Cc1ccccc1-c1nc(-c2cc(C)n([C@@H]3CCS(=O)(=O)C3)c2C)cs1. The standard InChI is InChI=1S/C20H22N2O2S2/c1-13-6-4-5-7-17(13)20-21-19(11-25-20)18-10-14(2)22(15(18)3)16-8-9-26(23,24)12-16/h4-7,10-11,16H,8-9,12H2,1-3H3/t16-/m1/s1. The predicted molar refractivity (Wildman–Crippen MR) is 107 cm³/mol. The first-order valence-electron chi connectivity index (χ1n) is 8.76. The number of benzene rings is 1. The van der Waals surface area contributed by atoms with Gasteiger partial charge in [-0.15, -0.1) is 11.3 Å². The summed E-state index contributed by atoms with van der Waals surface area (Å²) >= 11 is 1.65. The third-order valence-corrected chi connectivity index (χ3v) is 7.84. The molecule has 1 atom stereocenters. The van der Waals surface area contributed by atoms with E-state index in [0.29, 0.717) is 6.42 Å². The zero-order valence-corrected chi connectivity index (χ0v) is 16.8. The van der Waals surface area contributed by atoms with Crippen LogP contribution in [-0.2, 0) is 9.84 Å². The van der Waals surface area contributed by atoms with Gasteiger partial charge in [0.15, 0.2) is 9.84 Å². The van der Waals surface area contributed by atoms with Crippen LogP contribution in [0, 0.1) is 20.8 Å². The van der Waals surface area contributed by atoms with Crippen LogP contribution in [0.15, 0.2) is 35.7 Å². The summed E-state index contributed by atoms with van der Waals surface area (Å²) < 4.78 is 26.0. The Hall–Kier alpha value is -1.92. The van der Waals surface area contributed by atoms with E-state index in [0.717, 1.165) is 27.7 Å². The van der Waals surface area contributed by atoms with Gasteiger partial charge in [-0.3, -0.25) is 0 Å². The maximum absolute atomic E-state index is 11.9. The molecule has 4 nitrogen and oxygen atoms in total. The molecule has 0 aliphatic carbocycles. The number of rotatable bonds is 3. The number of hydrogen-bond donors (Lipinski definition) is 0. The van der Waals surface area contributed by atoms with Gasteiger partial charge < -0.3 is 4.57 Å². The van der Waals surface area contributed by atoms with Crippen LogP contribution < -0.4 is 0 Å². The Morgan fingerprint density at radius 2 is 1.92 bits per heavy atom. The maximum Gasteiger partial charge on any atom is 0.152 e. The first-order valence-corrected chi connectivity index (χ1v) is 11.5. The van der Waals surface area contributed by atoms with Crippen molar-refractivity contribution in [3.05, 3.63) is 52.7 Å². The minimum atomic E-state index is -2.90. The number of aromatic nitrogens is 2. The van der Waals surface area contributed by atoms with Crippen molar-refractivity contribution < 1.29 is 8.42 Å². The maximum atomic E-state index is 11.9. The lowest BCUT2D eigenvalue weighted by molar-refractivity contribution is 0.536. The number of nitrogens with zero attached hydrogens (tertiary/aromatic N) is 2. The number of hydrogen-bond acceptors (Lipinski definition) is 4. The van der Waals surface area contributed by atoms with E-state index in [1.807, 2.05) is 12.1 Å². The second-order valence-corrected chi connectivity index (χ2v) is 10.2. The third-order valence-electron chi connectivity index (χ3n) is 5.21. The van der Waals surface area contributed by atoms with Crippen LogP contribution >= 0.6 is 11.3 Å². The summed E-state index contributed by atoms with van der Waals surface area (Å²) in [6.45, 7) is 6.22. The molecule has 1 aliphatic rings. The molecule has 0 spiro atoms. The minimum Gasteiger partial charge on any atom is -0.344 e. The Kier molecular flexibility index (Phi) is 4.28. The molecular weight excluding hydrogens is 364 g/mol. The lowest BCUT2D eigenvalue weighted by Gasteiger charge is -2.16. The van der Waals surface area contributed by atoms with Gasteiger partial charge in [-0.1, -0.05) is 24.3 Å². The van der Waals surface area contributed by atoms with Crippen LogP contribution in [0.1, 0.15) is 29.4 Å². The summed E-state index contributed by atoms with van der Waals surface area (Å²) in [4.78, 5) is 4.87. The Balaban J connectivity index is 1.72. The van der Waals surface area contributed by atoms with Crippen LogP contribution in [0.2, 0.25) is 0 Å². The van der Waals surface area contributed by atoms with Crippen molar-refractivity contribution in [2.75, 3.05) is 11.5 Å². The molecule has 2 aromatic heterocycles. The summed E-state index contributed by atoms with van der Waals surface area (Å²) in [5.41, 5.74) is 6.65. The van der Waals surface area contributed by atoms with Crippen LogP contribution in [0.4, 0.5) is 0 Å². The van der Waals surface area contributed by atoms with Gasteiger partial charge in [0, 0.05) is 33.9 Å². The van der Waals surface area contributed by atoms with Gasteiger partial charge in [0.05, 0.1) is 17.2 Å². The number of aryl methyl sites for hydroxylation is 2. The van der Waals surface area contributed by atoms with E-state index < -0.39 is 9.84 Å².